The quantitative estimate of drug-likeness (QED) is 0.688. The predicted octanol–water partition coefficient (Wildman–Crippen LogP) is 4.35. The number of nitrogens with zero attached hydrogens (tertiary/aromatic N) is 2. The lowest BCUT2D eigenvalue weighted by Gasteiger charge is -2.40. The average molecular weight is 408 g/mol. The third-order valence-corrected chi connectivity index (χ3v) is 5.91. The van der Waals surface area contributed by atoms with Crippen molar-refractivity contribution in [2.24, 2.45) is 11.8 Å². The van der Waals surface area contributed by atoms with Gasteiger partial charge in [0.1, 0.15) is 16.1 Å². The van der Waals surface area contributed by atoms with Gasteiger partial charge in [0.25, 0.3) is 0 Å². The summed E-state index contributed by atoms with van der Waals surface area (Å²) in [5.74, 6) is 2.88. The maximum atomic E-state index is 5.92. The van der Waals surface area contributed by atoms with E-state index in [0.29, 0.717) is 18.8 Å². The summed E-state index contributed by atoms with van der Waals surface area (Å²) in [5, 5.41) is 0. The van der Waals surface area contributed by atoms with E-state index in [1.54, 1.807) is 0 Å². The second-order valence-electron chi connectivity index (χ2n) is 6.90. The summed E-state index contributed by atoms with van der Waals surface area (Å²) in [6, 6.07) is 10.3. The summed E-state index contributed by atoms with van der Waals surface area (Å²) in [6.45, 7) is 3.64. The van der Waals surface area contributed by atoms with Crippen LogP contribution in [0, 0.1) is 15.5 Å². The molecule has 0 amide bonds. The van der Waals surface area contributed by atoms with Crippen molar-refractivity contribution >= 4 is 22.6 Å². The molecular formula is C18H21IN2O. The van der Waals surface area contributed by atoms with Gasteiger partial charge < -0.3 is 9.30 Å². The van der Waals surface area contributed by atoms with Crippen LogP contribution in [-0.4, -0.2) is 9.55 Å². The molecule has 1 atom stereocenters. The zero-order valence-electron chi connectivity index (χ0n) is 12.8. The zero-order valence-corrected chi connectivity index (χ0v) is 15.0. The van der Waals surface area contributed by atoms with Gasteiger partial charge in [-0.25, -0.2) is 4.98 Å². The van der Waals surface area contributed by atoms with Gasteiger partial charge in [-0.3, -0.25) is 0 Å². The molecule has 4 heteroatoms. The van der Waals surface area contributed by atoms with E-state index in [2.05, 4.69) is 64.5 Å². The Morgan fingerprint density at radius 1 is 1.23 bits per heavy atom. The van der Waals surface area contributed by atoms with E-state index in [1.807, 2.05) is 6.07 Å². The number of imidazole rings is 1. The molecule has 0 unspecified atom stereocenters. The molecule has 1 aromatic carbocycles. The van der Waals surface area contributed by atoms with Crippen LogP contribution in [0.25, 0.3) is 0 Å². The molecule has 3 fully saturated rings. The van der Waals surface area contributed by atoms with Crippen molar-refractivity contribution in [2.45, 2.75) is 44.9 Å². The minimum atomic E-state index is 0.339. The summed E-state index contributed by atoms with van der Waals surface area (Å²) in [4.78, 5) is 4.71. The fraction of sp³-hybridized carbons (Fsp3) is 0.500. The summed E-state index contributed by atoms with van der Waals surface area (Å²) < 4.78 is 9.43. The van der Waals surface area contributed by atoms with E-state index in [-0.39, 0.29) is 0 Å². The Balaban J connectivity index is 1.46. The minimum absolute atomic E-state index is 0.339. The van der Waals surface area contributed by atoms with Gasteiger partial charge in [0.15, 0.2) is 0 Å². The van der Waals surface area contributed by atoms with Crippen LogP contribution in [0.3, 0.4) is 0 Å². The summed E-state index contributed by atoms with van der Waals surface area (Å²) in [7, 11) is 0. The molecule has 2 bridgehead atoms. The molecule has 0 spiro atoms. The molecule has 3 nitrogen and oxygen atoms in total. The highest BCUT2D eigenvalue weighted by molar-refractivity contribution is 14.1. The summed E-state index contributed by atoms with van der Waals surface area (Å²) >= 11 is 2.32. The molecule has 3 saturated carbocycles. The first kappa shape index (κ1) is 14.7. The van der Waals surface area contributed by atoms with Crippen molar-refractivity contribution in [3.63, 3.8) is 0 Å². The molecule has 0 aliphatic heterocycles. The lowest BCUT2D eigenvalue weighted by atomic mass is 9.76. The first-order valence-corrected chi connectivity index (χ1v) is 9.10. The van der Waals surface area contributed by atoms with Crippen molar-refractivity contribution in [2.75, 3.05) is 0 Å². The minimum Gasteiger partial charge on any atom is -0.369 e. The number of fused-ring (bicyclic) bond motifs is 1. The highest BCUT2D eigenvalue weighted by Crippen LogP contribution is 2.60. The second kappa shape index (κ2) is 5.64. The monoisotopic (exact) mass is 408 g/mol. The van der Waals surface area contributed by atoms with E-state index in [9.17, 15) is 0 Å². The molecule has 116 valence electrons. The normalized spacial score (nSPS) is 29.5. The molecule has 5 rings (SSSR count). The Morgan fingerprint density at radius 2 is 2.00 bits per heavy atom. The zero-order chi connectivity index (χ0) is 15.2. The number of halogens is 1. The van der Waals surface area contributed by atoms with Gasteiger partial charge in [-0.1, -0.05) is 37.3 Å². The lowest BCUT2D eigenvalue weighted by Crippen LogP contribution is -2.39. The van der Waals surface area contributed by atoms with Crippen LogP contribution in [0.2, 0.25) is 0 Å². The van der Waals surface area contributed by atoms with Crippen LogP contribution in [0.1, 0.15) is 37.6 Å². The van der Waals surface area contributed by atoms with Crippen molar-refractivity contribution in [3.05, 3.63) is 51.6 Å². The van der Waals surface area contributed by atoms with Gasteiger partial charge in [0.2, 0.25) is 0 Å². The van der Waals surface area contributed by atoms with Gasteiger partial charge in [0.05, 0.1) is 6.61 Å². The van der Waals surface area contributed by atoms with E-state index in [1.165, 1.54) is 24.8 Å². The number of aromatic nitrogens is 2. The van der Waals surface area contributed by atoms with Crippen LogP contribution in [0.5, 0.6) is 0 Å². The smallest absolute Gasteiger partial charge is 0.136 e. The fourth-order valence-corrected chi connectivity index (χ4v) is 4.84. The number of ether oxygens (including phenoxy) is 1. The van der Waals surface area contributed by atoms with Crippen LogP contribution in [-0.2, 0) is 23.5 Å². The van der Waals surface area contributed by atoms with Crippen LogP contribution < -0.4 is 0 Å². The number of hydrogen-bond acceptors (Lipinski definition) is 2. The van der Waals surface area contributed by atoms with Crippen LogP contribution in [0.4, 0.5) is 0 Å². The molecule has 3 aliphatic carbocycles. The molecule has 0 radical (unpaired) electrons. The van der Waals surface area contributed by atoms with Crippen molar-refractivity contribution in [1.82, 2.24) is 9.55 Å². The maximum absolute atomic E-state index is 5.92. The highest BCUT2D eigenvalue weighted by atomic mass is 127. The molecule has 22 heavy (non-hydrogen) atoms. The SMILES string of the molecule is C[C@H]1CC2(n3cc(I)nc3COCc3ccccc3)CC1C2. The number of benzene rings is 1. The Bertz CT molecular complexity index is 661. The van der Waals surface area contributed by atoms with Crippen molar-refractivity contribution in [1.29, 1.82) is 0 Å². The first-order chi connectivity index (χ1) is 10.7. The van der Waals surface area contributed by atoms with Crippen LogP contribution >= 0.6 is 22.6 Å². The Hall–Kier alpha value is -0.880. The Morgan fingerprint density at radius 3 is 2.68 bits per heavy atom. The average Bonchev–Trinajstić information content (AvgIpc) is 3.10. The topological polar surface area (TPSA) is 27.1 Å². The Labute approximate surface area is 145 Å². The van der Waals surface area contributed by atoms with Gasteiger partial charge in [-0.2, -0.15) is 0 Å². The van der Waals surface area contributed by atoms with Crippen LogP contribution in [0.15, 0.2) is 36.5 Å². The Kier molecular flexibility index (Phi) is 3.77. The van der Waals surface area contributed by atoms with Gasteiger partial charge in [-0.05, 0) is 59.3 Å². The predicted molar refractivity (Wildman–Crippen MR) is 94.4 cm³/mol. The molecule has 1 heterocycles. The lowest BCUT2D eigenvalue weighted by molar-refractivity contribution is 0.0832. The molecule has 2 aromatic rings. The second-order valence-corrected chi connectivity index (χ2v) is 8.01. The van der Waals surface area contributed by atoms with Crippen molar-refractivity contribution < 1.29 is 4.74 Å². The van der Waals surface area contributed by atoms with Crippen molar-refractivity contribution in [3.8, 4) is 0 Å². The molecule has 0 saturated heterocycles. The fourth-order valence-electron chi connectivity index (χ4n) is 4.28. The summed E-state index contributed by atoms with van der Waals surface area (Å²) in [6.07, 6.45) is 6.17. The van der Waals surface area contributed by atoms with E-state index in [4.69, 9.17) is 9.72 Å². The van der Waals surface area contributed by atoms with E-state index in [0.717, 1.165) is 21.4 Å². The van der Waals surface area contributed by atoms with Gasteiger partial charge in [-0.15, -0.1) is 0 Å². The molecule has 0 N–H and O–H groups in total. The molecule has 3 aliphatic rings. The summed E-state index contributed by atoms with van der Waals surface area (Å²) in [5.41, 5.74) is 1.55. The van der Waals surface area contributed by atoms with E-state index < -0.39 is 0 Å². The standard InChI is InChI=1S/C18H21IN2O/c1-13-7-18(8-15(13)9-18)21-10-16(19)20-17(21)12-22-11-14-5-3-2-4-6-14/h2-6,10,13,15H,7-9,11-12H2,1H3/t13-,15?,18?/m0/s1. The number of hydrogen-bond donors (Lipinski definition) is 0. The number of rotatable bonds is 5. The maximum Gasteiger partial charge on any atom is 0.136 e. The van der Waals surface area contributed by atoms with Gasteiger partial charge in [0, 0.05) is 11.7 Å². The first-order valence-electron chi connectivity index (χ1n) is 8.02. The third kappa shape index (κ3) is 2.50. The molecular weight excluding hydrogens is 387 g/mol. The third-order valence-electron chi connectivity index (χ3n) is 5.39. The van der Waals surface area contributed by atoms with Gasteiger partial charge >= 0.3 is 0 Å². The van der Waals surface area contributed by atoms with E-state index >= 15 is 0 Å². The largest absolute Gasteiger partial charge is 0.369 e. The molecule has 1 aromatic heterocycles. The highest BCUT2D eigenvalue weighted by Gasteiger charge is 2.56.